The van der Waals surface area contributed by atoms with Crippen molar-refractivity contribution in [2.24, 2.45) is 0 Å². The fraction of sp³-hybridized carbons (Fsp3) is 0.417. The van der Waals surface area contributed by atoms with E-state index in [2.05, 4.69) is 12.6 Å². The maximum absolute atomic E-state index is 11.3. The summed E-state index contributed by atoms with van der Waals surface area (Å²) in [7, 11) is 3.44. The Balaban J connectivity index is 2.51. The lowest BCUT2D eigenvalue weighted by Gasteiger charge is -2.15. The van der Waals surface area contributed by atoms with Gasteiger partial charge in [-0.3, -0.25) is 4.79 Å². The minimum atomic E-state index is 0.0474. The van der Waals surface area contributed by atoms with Crippen LogP contribution in [-0.4, -0.2) is 37.3 Å². The highest BCUT2D eigenvalue weighted by atomic mass is 32.1. The Labute approximate surface area is 102 Å². The third-order valence-corrected chi connectivity index (χ3v) is 2.70. The van der Waals surface area contributed by atoms with Gasteiger partial charge in [0.2, 0.25) is 5.91 Å². The first-order chi connectivity index (χ1) is 7.67. The van der Waals surface area contributed by atoms with Crippen molar-refractivity contribution in [1.82, 2.24) is 4.90 Å². The minimum absolute atomic E-state index is 0.0474. The number of rotatable bonds is 5. The molecule has 0 fully saturated rings. The molecule has 1 aromatic rings. The molecule has 1 rings (SSSR count). The van der Waals surface area contributed by atoms with Crippen LogP contribution in [0, 0.1) is 0 Å². The third kappa shape index (κ3) is 3.77. The van der Waals surface area contributed by atoms with E-state index in [1.54, 1.807) is 19.1 Å². The zero-order valence-corrected chi connectivity index (χ0v) is 10.5. The molecule has 0 aromatic heterocycles. The number of methoxy groups -OCH3 is 1. The van der Waals surface area contributed by atoms with Crippen LogP contribution in [0.15, 0.2) is 24.3 Å². The highest BCUT2D eigenvalue weighted by molar-refractivity contribution is 7.81. The Morgan fingerprint density at radius 2 is 2.25 bits per heavy atom. The number of hydrogen-bond donors (Lipinski definition) is 1. The molecule has 0 saturated carbocycles. The lowest BCUT2D eigenvalue weighted by atomic mass is 10.1. The largest absolute Gasteiger partial charge is 0.497 e. The summed E-state index contributed by atoms with van der Waals surface area (Å²) in [6, 6.07) is 7.88. The molecule has 0 aliphatic heterocycles. The molecule has 0 unspecified atom stereocenters. The van der Waals surface area contributed by atoms with Crippen molar-refractivity contribution >= 4 is 18.5 Å². The van der Waals surface area contributed by atoms with E-state index in [1.807, 2.05) is 24.3 Å². The zero-order chi connectivity index (χ0) is 12.0. The Hall–Kier alpha value is -1.16. The molecule has 4 heteroatoms. The van der Waals surface area contributed by atoms with Crippen LogP contribution in [0.2, 0.25) is 0 Å². The average molecular weight is 239 g/mol. The van der Waals surface area contributed by atoms with Gasteiger partial charge in [0.1, 0.15) is 5.75 Å². The first-order valence-electron chi connectivity index (χ1n) is 5.15. The van der Waals surface area contributed by atoms with Crippen molar-refractivity contribution in [1.29, 1.82) is 0 Å². The number of thiol groups is 1. The summed E-state index contributed by atoms with van der Waals surface area (Å²) in [5.74, 6) is 1.15. The SMILES string of the molecule is COc1cccc(CCN(C)C(=O)CS)c1. The standard InChI is InChI=1S/C12H17NO2S/c1-13(12(14)9-16)7-6-10-4-3-5-11(8-10)15-2/h3-5,8,16H,6-7,9H2,1-2H3. The number of likely N-dealkylation sites (N-methyl/N-ethyl adjacent to an activating group) is 1. The molecule has 0 aliphatic rings. The van der Waals surface area contributed by atoms with Crippen molar-refractivity contribution in [3.63, 3.8) is 0 Å². The van der Waals surface area contributed by atoms with Gasteiger partial charge in [-0.2, -0.15) is 12.6 Å². The van der Waals surface area contributed by atoms with E-state index in [0.717, 1.165) is 17.7 Å². The highest BCUT2D eigenvalue weighted by Gasteiger charge is 2.06. The monoisotopic (exact) mass is 239 g/mol. The molecule has 0 saturated heterocycles. The molecule has 16 heavy (non-hydrogen) atoms. The highest BCUT2D eigenvalue weighted by Crippen LogP contribution is 2.13. The van der Waals surface area contributed by atoms with E-state index in [9.17, 15) is 4.79 Å². The van der Waals surface area contributed by atoms with Crippen LogP contribution in [0.4, 0.5) is 0 Å². The summed E-state index contributed by atoms with van der Waals surface area (Å²) in [6.45, 7) is 0.701. The number of carbonyl (C=O) groups excluding carboxylic acids is 1. The number of ether oxygens (including phenoxy) is 1. The van der Waals surface area contributed by atoms with Crippen molar-refractivity contribution in [3.05, 3.63) is 29.8 Å². The van der Waals surface area contributed by atoms with Gasteiger partial charge < -0.3 is 9.64 Å². The third-order valence-electron chi connectivity index (χ3n) is 2.43. The fourth-order valence-electron chi connectivity index (χ4n) is 1.37. The van der Waals surface area contributed by atoms with E-state index in [0.29, 0.717) is 6.54 Å². The van der Waals surface area contributed by atoms with Crippen LogP contribution in [0.25, 0.3) is 0 Å². The van der Waals surface area contributed by atoms with Gasteiger partial charge in [-0.15, -0.1) is 0 Å². The van der Waals surface area contributed by atoms with Gasteiger partial charge in [0.25, 0.3) is 0 Å². The van der Waals surface area contributed by atoms with Crippen molar-refractivity contribution in [3.8, 4) is 5.75 Å². The average Bonchev–Trinajstić information content (AvgIpc) is 2.35. The Morgan fingerprint density at radius 3 is 2.88 bits per heavy atom. The van der Waals surface area contributed by atoms with E-state index in [-0.39, 0.29) is 11.7 Å². The molecule has 0 heterocycles. The summed E-state index contributed by atoms with van der Waals surface area (Å²) in [5.41, 5.74) is 1.16. The Bertz CT molecular complexity index is 355. The van der Waals surface area contributed by atoms with E-state index in [1.165, 1.54) is 0 Å². The van der Waals surface area contributed by atoms with Gasteiger partial charge in [-0.1, -0.05) is 12.1 Å². The quantitative estimate of drug-likeness (QED) is 0.791. The molecule has 0 radical (unpaired) electrons. The van der Waals surface area contributed by atoms with Crippen molar-refractivity contribution < 1.29 is 9.53 Å². The molecule has 88 valence electrons. The first kappa shape index (κ1) is 12.9. The molecular weight excluding hydrogens is 222 g/mol. The van der Waals surface area contributed by atoms with Gasteiger partial charge in [-0.05, 0) is 24.1 Å². The molecule has 0 aliphatic carbocycles. The number of hydrogen-bond acceptors (Lipinski definition) is 3. The van der Waals surface area contributed by atoms with Gasteiger partial charge in [-0.25, -0.2) is 0 Å². The predicted octanol–water partition coefficient (Wildman–Crippen LogP) is 1.63. The first-order valence-corrected chi connectivity index (χ1v) is 5.78. The summed E-state index contributed by atoms with van der Waals surface area (Å²) in [5, 5.41) is 0. The Morgan fingerprint density at radius 1 is 1.50 bits per heavy atom. The normalized spacial score (nSPS) is 9.94. The van der Waals surface area contributed by atoms with Gasteiger partial charge in [0, 0.05) is 13.6 Å². The van der Waals surface area contributed by atoms with Crippen LogP contribution in [0.5, 0.6) is 5.75 Å². The summed E-state index contributed by atoms with van der Waals surface area (Å²) >= 11 is 3.96. The summed E-state index contributed by atoms with van der Waals surface area (Å²) in [6.07, 6.45) is 0.827. The molecule has 0 atom stereocenters. The molecule has 3 nitrogen and oxygen atoms in total. The molecular formula is C12H17NO2S. The molecule has 0 spiro atoms. The number of carbonyl (C=O) groups is 1. The van der Waals surface area contributed by atoms with Gasteiger partial charge in [0.05, 0.1) is 12.9 Å². The van der Waals surface area contributed by atoms with Gasteiger partial charge >= 0.3 is 0 Å². The molecule has 1 amide bonds. The maximum Gasteiger partial charge on any atom is 0.232 e. The molecule has 1 aromatic carbocycles. The fourth-order valence-corrected chi connectivity index (χ4v) is 1.61. The van der Waals surface area contributed by atoms with Crippen molar-refractivity contribution in [2.75, 3.05) is 26.5 Å². The maximum atomic E-state index is 11.3. The van der Waals surface area contributed by atoms with E-state index < -0.39 is 0 Å². The topological polar surface area (TPSA) is 29.5 Å². The number of amides is 1. The lowest BCUT2D eigenvalue weighted by molar-refractivity contribution is -0.127. The second-order valence-corrected chi connectivity index (χ2v) is 3.89. The van der Waals surface area contributed by atoms with Crippen LogP contribution in [-0.2, 0) is 11.2 Å². The van der Waals surface area contributed by atoms with Crippen LogP contribution < -0.4 is 4.74 Å². The van der Waals surface area contributed by atoms with Crippen LogP contribution in [0.1, 0.15) is 5.56 Å². The molecule has 0 bridgehead atoms. The zero-order valence-electron chi connectivity index (χ0n) is 9.64. The number of nitrogens with zero attached hydrogens (tertiary/aromatic N) is 1. The summed E-state index contributed by atoms with van der Waals surface area (Å²) in [4.78, 5) is 13.0. The van der Waals surface area contributed by atoms with E-state index in [4.69, 9.17) is 4.74 Å². The predicted molar refractivity (Wildman–Crippen MR) is 68.2 cm³/mol. The smallest absolute Gasteiger partial charge is 0.232 e. The molecule has 0 N–H and O–H groups in total. The lowest BCUT2D eigenvalue weighted by Crippen LogP contribution is -2.29. The second-order valence-electron chi connectivity index (χ2n) is 3.57. The van der Waals surface area contributed by atoms with Crippen LogP contribution >= 0.6 is 12.6 Å². The van der Waals surface area contributed by atoms with Crippen molar-refractivity contribution in [2.45, 2.75) is 6.42 Å². The number of benzene rings is 1. The van der Waals surface area contributed by atoms with Gasteiger partial charge in [0.15, 0.2) is 0 Å². The van der Waals surface area contributed by atoms with Crippen LogP contribution in [0.3, 0.4) is 0 Å². The summed E-state index contributed by atoms with van der Waals surface area (Å²) < 4.78 is 5.14. The van der Waals surface area contributed by atoms with E-state index >= 15 is 0 Å². The minimum Gasteiger partial charge on any atom is -0.497 e. The second kappa shape index (κ2) is 6.43. The Kier molecular flexibility index (Phi) is 5.19.